The zero-order valence-corrected chi connectivity index (χ0v) is 11.5. The van der Waals surface area contributed by atoms with Crippen molar-refractivity contribution in [1.82, 2.24) is 0 Å². The lowest BCUT2D eigenvalue weighted by atomic mass is 9.84. The van der Waals surface area contributed by atoms with E-state index in [9.17, 15) is 5.11 Å². The van der Waals surface area contributed by atoms with E-state index in [0.29, 0.717) is 11.2 Å². The maximum atomic E-state index is 9.52. The summed E-state index contributed by atoms with van der Waals surface area (Å²) < 4.78 is 0. The molecule has 0 saturated heterocycles. The number of hydrogen-bond acceptors (Lipinski definition) is 2. The van der Waals surface area contributed by atoms with Gasteiger partial charge in [0, 0.05) is 11.0 Å². The molecule has 2 heteroatoms. The van der Waals surface area contributed by atoms with Crippen molar-refractivity contribution in [2.24, 2.45) is 0 Å². The van der Waals surface area contributed by atoms with E-state index in [-0.39, 0.29) is 6.10 Å². The van der Waals surface area contributed by atoms with Crippen molar-refractivity contribution in [3.05, 3.63) is 35.4 Å². The average molecular weight is 250 g/mol. The van der Waals surface area contributed by atoms with Gasteiger partial charge in [-0.25, -0.2) is 0 Å². The van der Waals surface area contributed by atoms with Gasteiger partial charge in [-0.2, -0.15) is 11.8 Å². The SMILES string of the molecule is CC(O)C(C)SCC1CCCc2ccccc21. The molecule has 0 amide bonds. The highest BCUT2D eigenvalue weighted by Crippen LogP contribution is 2.34. The summed E-state index contributed by atoms with van der Waals surface area (Å²) in [6.07, 6.45) is 3.64. The van der Waals surface area contributed by atoms with Gasteiger partial charge in [-0.15, -0.1) is 0 Å². The summed E-state index contributed by atoms with van der Waals surface area (Å²) in [5.41, 5.74) is 3.08. The highest BCUT2D eigenvalue weighted by Gasteiger charge is 2.21. The van der Waals surface area contributed by atoms with E-state index in [1.54, 1.807) is 5.56 Å². The third-order valence-corrected chi connectivity index (χ3v) is 5.25. The van der Waals surface area contributed by atoms with Crippen LogP contribution in [0.3, 0.4) is 0 Å². The highest BCUT2D eigenvalue weighted by atomic mass is 32.2. The van der Waals surface area contributed by atoms with Gasteiger partial charge in [-0.1, -0.05) is 31.2 Å². The molecule has 1 aliphatic rings. The lowest BCUT2D eigenvalue weighted by Crippen LogP contribution is -2.18. The van der Waals surface area contributed by atoms with E-state index in [4.69, 9.17) is 0 Å². The van der Waals surface area contributed by atoms with Crippen LogP contribution in [0.15, 0.2) is 24.3 Å². The van der Waals surface area contributed by atoms with Crippen molar-refractivity contribution in [3.8, 4) is 0 Å². The van der Waals surface area contributed by atoms with Crippen LogP contribution in [0.2, 0.25) is 0 Å². The summed E-state index contributed by atoms with van der Waals surface area (Å²) in [6, 6.07) is 8.85. The molecule has 17 heavy (non-hydrogen) atoms. The second-order valence-corrected chi connectivity index (χ2v) is 6.48. The molecule has 0 bridgehead atoms. The van der Waals surface area contributed by atoms with Crippen LogP contribution in [0, 0.1) is 0 Å². The summed E-state index contributed by atoms with van der Waals surface area (Å²) >= 11 is 1.90. The molecule has 0 fully saturated rings. The smallest absolute Gasteiger partial charge is 0.0627 e. The molecule has 94 valence electrons. The summed E-state index contributed by atoms with van der Waals surface area (Å²) in [5, 5.41) is 9.86. The van der Waals surface area contributed by atoms with Crippen LogP contribution in [-0.2, 0) is 6.42 Å². The van der Waals surface area contributed by atoms with E-state index in [1.165, 1.54) is 24.8 Å². The molecule has 3 atom stereocenters. The average Bonchev–Trinajstić information content (AvgIpc) is 2.35. The van der Waals surface area contributed by atoms with Crippen LogP contribution in [0.25, 0.3) is 0 Å². The second kappa shape index (κ2) is 5.92. The number of aliphatic hydroxyl groups excluding tert-OH is 1. The quantitative estimate of drug-likeness (QED) is 0.881. The fraction of sp³-hybridized carbons (Fsp3) is 0.600. The molecule has 1 aromatic rings. The number of rotatable bonds is 4. The molecule has 1 aliphatic carbocycles. The minimum absolute atomic E-state index is 0.209. The van der Waals surface area contributed by atoms with Crippen molar-refractivity contribution in [1.29, 1.82) is 0 Å². The first kappa shape index (κ1) is 13.0. The Morgan fingerprint density at radius 2 is 2.12 bits per heavy atom. The topological polar surface area (TPSA) is 20.2 Å². The second-order valence-electron chi connectivity index (χ2n) is 5.07. The summed E-state index contributed by atoms with van der Waals surface area (Å²) in [4.78, 5) is 0. The van der Waals surface area contributed by atoms with Gasteiger partial charge in [0.2, 0.25) is 0 Å². The summed E-state index contributed by atoms with van der Waals surface area (Å²) in [5.74, 6) is 1.83. The Kier molecular flexibility index (Phi) is 4.52. The van der Waals surface area contributed by atoms with E-state index in [2.05, 4.69) is 31.2 Å². The molecule has 0 heterocycles. The molecular formula is C15H22OS. The predicted molar refractivity (Wildman–Crippen MR) is 75.7 cm³/mol. The number of fused-ring (bicyclic) bond motifs is 1. The zero-order valence-electron chi connectivity index (χ0n) is 10.7. The van der Waals surface area contributed by atoms with Gasteiger partial charge in [0.05, 0.1) is 6.10 Å². The van der Waals surface area contributed by atoms with Gasteiger partial charge in [0.25, 0.3) is 0 Å². The van der Waals surface area contributed by atoms with E-state index < -0.39 is 0 Å². The molecule has 1 aromatic carbocycles. The third kappa shape index (κ3) is 3.26. The van der Waals surface area contributed by atoms with Crippen LogP contribution >= 0.6 is 11.8 Å². The first-order valence-electron chi connectivity index (χ1n) is 6.56. The first-order valence-corrected chi connectivity index (χ1v) is 7.61. The largest absolute Gasteiger partial charge is 0.392 e. The Bertz CT molecular complexity index is 362. The Labute approximate surface area is 109 Å². The highest BCUT2D eigenvalue weighted by molar-refractivity contribution is 7.99. The van der Waals surface area contributed by atoms with Crippen LogP contribution in [0.5, 0.6) is 0 Å². The van der Waals surface area contributed by atoms with E-state index in [0.717, 1.165) is 5.75 Å². The maximum absolute atomic E-state index is 9.52. The van der Waals surface area contributed by atoms with Crippen molar-refractivity contribution in [2.45, 2.75) is 50.4 Å². The number of aliphatic hydroxyl groups is 1. The Hall–Kier alpha value is -0.470. The standard InChI is InChI=1S/C15H22OS/c1-11(16)12(2)17-10-14-8-5-7-13-6-3-4-9-15(13)14/h3-4,6,9,11-12,14,16H,5,7-8,10H2,1-2H3. The predicted octanol–water partition coefficient (Wildman–Crippen LogP) is 3.61. The molecule has 0 spiro atoms. The van der Waals surface area contributed by atoms with Crippen molar-refractivity contribution >= 4 is 11.8 Å². The number of aryl methyl sites for hydroxylation is 1. The third-order valence-electron chi connectivity index (χ3n) is 3.73. The molecule has 0 aromatic heterocycles. The molecule has 3 unspecified atom stereocenters. The molecule has 1 N–H and O–H groups in total. The van der Waals surface area contributed by atoms with Gasteiger partial charge in [0.1, 0.15) is 0 Å². The zero-order chi connectivity index (χ0) is 12.3. The Balaban J connectivity index is 1.99. The van der Waals surface area contributed by atoms with Crippen molar-refractivity contribution in [3.63, 3.8) is 0 Å². The molecule has 0 aliphatic heterocycles. The minimum Gasteiger partial charge on any atom is -0.392 e. The summed E-state index contributed by atoms with van der Waals surface area (Å²) in [6.45, 7) is 4.00. The number of benzene rings is 1. The van der Waals surface area contributed by atoms with Crippen LogP contribution < -0.4 is 0 Å². The fourth-order valence-corrected chi connectivity index (χ4v) is 3.60. The minimum atomic E-state index is -0.209. The van der Waals surface area contributed by atoms with Crippen molar-refractivity contribution < 1.29 is 5.11 Å². The van der Waals surface area contributed by atoms with Gasteiger partial charge in [-0.05, 0) is 43.2 Å². The number of hydrogen-bond donors (Lipinski definition) is 1. The van der Waals surface area contributed by atoms with Gasteiger partial charge in [0.15, 0.2) is 0 Å². The van der Waals surface area contributed by atoms with Gasteiger partial charge in [-0.3, -0.25) is 0 Å². The number of thioether (sulfide) groups is 1. The molecular weight excluding hydrogens is 228 g/mol. The normalized spacial score (nSPS) is 22.9. The Morgan fingerprint density at radius 1 is 1.35 bits per heavy atom. The molecule has 1 nitrogen and oxygen atoms in total. The molecule has 0 radical (unpaired) electrons. The monoisotopic (exact) mass is 250 g/mol. The Morgan fingerprint density at radius 3 is 2.88 bits per heavy atom. The van der Waals surface area contributed by atoms with Gasteiger partial charge < -0.3 is 5.11 Å². The van der Waals surface area contributed by atoms with E-state index in [1.807, 2.05) is 18.7 Å². The lowest BCUT2D eigenvalue weighted by molar-refractivity contribution is 0.196. The fourth-order valence-electron chi connectivity index (χ4n) is 2.43. The molecule has 2 rings (SSSR count). The lowest BCUT2D eigenvalue weighted by Gasteiger charge is -2.26. The van der Waals surface area contributed by atoms with Crippen LogP contribution in [-0.4, -0.2) is 22.2 Å². The first-order chi connectivity index (χ1) is 8.18. The molecule has 0 saturated carbocycles. The van der Waals surface area contributed by atoms with E-state index >= 15 is 0 Å². The van der Waals surface area contributed by atoms with Crippen LogP contribution in [0.1, 0.15) is 43.7 Å². The van der Waals surface area contributed by atoms with Gasteiger partial charge >= 0.3 is 0 Å². The van der Waals surface area contributed by atoms with Crippen molar-refractivity contribution in [2.75, 3.05) is 5.75 Å². The maximum Gasteiger partial charge on any atom is 0.0627 e. The van der Waals surface area contributed by atoms with Crippen LogP contribution in [0.4, 0.5) is 0 Å². The summed E-state index contributed by atoms with van der Waals surface area (Å²) in [7, 11) is 0.